The number of nitrogens with one attached hydrogen (secondary N) is 1. The third-order valence-electron chi connectivity index (χ3n) is 5.23. The van der Waals surface area contributed by atoms with Crippen LogP contribution in [0.2, 0.25) is 0 Å². The number of carbonyl (C=O) groups is 2. The van der Waals surface area contributed by atoms with Crippen molar-refractivity contribution in [3.63, 3.8) is 0 Å². The van der Waals surface area contributed by atoms with Crippen LogP contribution in [0.1, 0.15) is 24.5 Å². The number of hydrogen-bond acceptors (Lipinski definition) is 6. The maximum absolute atomic E-state index is 13.2. The lowest BCUT2D eigenvalue weighted by molar-refractivity contribution is -0.275. The van der Waals surface area contributed by atoms with E-state index < -0.39 is 40.6 Å². The molecule has 0 saturated heterocycles. The summed E-state index contributed by atoms with van der Waals surface area (Å²) in [5, 5.41) is 6.00. The molecule has 16 heteroatoms. The smallest absolute Gasteiger partial charge is 0.493 e. The molecule has 1 N–H and O–H groups in total. The van der Waals surface area contributed by atoms with E-state index >= 15 is 0 Å². The first kappa shape index (κ1) is 30.0. The van der Waals surface area contributed by atoms with Gasteiger partial charge in [0, 0.05) is 11.3 Å². The molecule has 0 bridgehead atoms. The Hall–Kier alpha value is -3.56. The van der Waals surface area contributed by atoms with Crippen LogP contribution in [0.3, 0.4) is 0 Å². The van der Waals surface area contributed by atoms with E-state index in [1.165, 1.54) is 29.6 Å². The van der Waals surface area contributed by atoms with Gasteiger partial charge in [-0.2, -0.15) is 27.1 Å². The number of rotatable bonds is 8. The number of halogens is 8. The fourth-order valence-corrected chi connectivity index (χ4v) is 4.27. The van der Waals surface area contributed by atoms with E-state index in [1.54, 1.807) is 6.92 Å². The minimum absolute atomic E-state index is 0.148. The monoisotopic (exact) mass is 585 g/mol. The Kier molecular flexibility index (Phi) is 8.67. The highest BCUT2D eigenvalue weighted by atomic mass is 32.2. The number of ether oxygens (including phenoxy) is 2. The summed E-state index contributed by atoms with van der Waals surface area (Å²) in [6, 6.07) is 8.38. The Labute approximate surface area is 220 Å². The van der Waals surface area contributed by atoms with Crippen molar-refractivity contribution in [2.75, 3.05) is 12.4 Å². The predicted molar refractivity (Wildman–Crippen MR) is 125 cm³/mol. The number of carbonyl (C=O) groups excluding carboxylic acids is 2. The second-order valence-corrected chi connectivity index (χ2v) is 9.11. The van der Waals surface area contributed by atoms with Gasteiger partial charge in [-0.25, -0.2) is 5.01 Å². The SMILES string of the molecule is CCC1SC(=O)N(Cc2ccc(NC(=O)C(F)(F)C(F)(F)F)cc2)N=C1c1ccc(OC(F)(F)F)c(OC)c1. The quantitative estimate of drug-likeness (QED) is 0.354. The molecule has 1 aliphatic heterocycles. The summed E-state index contributed by atoms with van der Waals surface area (Å²) in [7, 11) is 1.16. The first-order chi connectivity index (χ1) is 18.1. The van der Waals surface area contributed by atoms with Gasteiger partial charge in [0.05, 0.1) is 24.6 Å². The van der Waals surface area contributed by atoms with Gasteiger partial charge in [-0.3, -0.25) is 9.59 Å². The molecule has 0 radical (unpaired) electrons. The van der Waals surface area contributed by atoms with Crippen molar-refractivity contribution in [3.05, 3.63) is 53.6 Å². The fourth-order valence-electron chi connectivity index (χ4n) is 3.33. The lowest BCUT2D eigenvalue weighted by Gasteiger charge is -2.28. The predicted octanol–water partition coefficient (Wildman–Crippen LogP) is 6.58. The Bertz CT molecular complexity index is 1250. The van der Waals surface area contributed by atoms with Gasteiger partial charge in [0.1, 0.15) is 0 Å². The van der Waals surface area contributed by atoms with Gasteiger partial charge in [-0.05, 0) is 42.3 Å². The number of hydrogen-bond donors (Lipinski definition) is 1. The molecule has 0 aliphatic carbocycles. The van der Waals surface area contributed by atoms with Crippen molar-refractivity contribution in [3.8, 4) is 11.5 Å². The van der Waals surface area contributed by atoms with Crippen LogP contribution in [0.4, 0.5) is 45.6 Å². The van der Waals surface area contributed by atoms with Crippen LogP contribution in [0.5, 0.6) is 11.5 Å². The van der Waals surface area contributed by atoms with Gasteiger partial charge in [0.25, 0.3) is 0 Å². The number of benzene rings is 2. The summed E-state index contributed by atoms with van der Waals surface area (Å²) in [5.41, 5.74) is 0.767. The van der Waals surface area contributed by atoms with Crippen molar-refractivity contribution in [1.82, 2.24) is 5.01 Å². The Morgan fingerprint density at radius 3 is 2.21 bits per heavy atom. The van der Waals surface area contributed by atoms with Gasteiger partial charge in [0.2, 0.25) is 0 Å². The molecule has 1 unspecified atom stereocenters. The summed E-state index contributed by atoms with van der Waals surface area (Å²) in [4.78, 5) is 24.0. The first-order valence-electron chi connectivity index (χ1n) is 10.9. The van der Waals surface area contributed by atoms with Crippen molar-refractivity contribution in [1.29, 1.82) is 0 Å². The second-order valence-electron chi connectivity index (χ2n) is 7.96. The lowest BCUT2D eigenvalue weighted by atomic mass is 10.0. The minimum atomic E-state index is -6.06. The topological polar surface area (TPSA) is 80.2 Å². The molecule has 1 heterocycles. The Morgan fingerprint density at radius 1 is 1.03 bits per heavy atom. The van der Waals surface area contributed by atoms with E-state index in [0.29, 0.717) is 23.3 Å². The number of anilines is 1. The molecule has 0 spiro atoms. The molecule has 3 rings (SSSR count). The average Bonchev–Trinajstić information content (AvgIpc) is 2.84. The number of nitrogens with zero attached hydrogens (tertiary/aromatic N) is 2. The highest BCUT2D eigenvalue weighted by Gasteiger charge is 2.63. The molecule has 0 aromatic heterocycles. The Balaban J connectivity index is 1.82. The van der Waals surface area contributed by atoms with Crippen molar-refractivity contribution in [2.45, 2.75) is 43.6 Å². The van der Waals surface area contributed by atoms with E-state index in [1.807, 2.05) is 0 Å². The first-order valence-corrected chi connectivity index (χ1v) is 11.8. The number of thioether (sulfide) groups is 1. The summed E-state index contributed by atoms with van der Waals surface area (Å²) in [6.07, 6.45) is -10.6. The zero-order valence-corrected chi connectivity index (χ0v) is 20.8. The van der Waals surface area contributed by atoms with Crippen molar-refractivity contribution >= 4 is 34.3 Å². The molecule has 0 saturated carbocycles. The van der Waals surface area contributed by atoms with Crippen LogP contribution in [0.15, 0.2) is 47.6 Å². The fraction of sp³-hybridized carbons (Fsp3) is 0.348. The molecule has 2 amide bonds. The summed E-state index contributed by atoms with van der Waals surface area (Å²) in [5.74, 6) is -8.93. The van der Waals surface area contributed by atoms with Crippen molar-refractivity contribution < 1.29 is 54.2 Å². The number of alkyl halides is 8. The minimum Gasteiger partial charge on any atom is -0.493 e. The van der Waals surface area contributed by atoms with Crippen LogP contribution < -0.4 is 14.8 Å². The summed E-state index contributed by atoms with van der Waals surface area (Å²) < 4.78 is 110. The van der Waals surface area contributed by atoms with Crippen LogP contribution in [0, 0.1) is 0 Å². The normalized spacial score (nSPS) is 16.6. The molecule has 7 nitrogen and oxygen atoms in total. The molecule has 212 valence electrons. The van der Waals surface area contributed by atoms with Gasteiger partial charge < -0.3 is 14.8 Å². The number of amides is 2. The highest BCUT2D eigenvalue weighted by Crippen LogP contribution is 2.37. The molecule has 2 aromatic carbocycles. The number of hydrazone groups is 1. The highest BCUT2D eigenvalue weighted by molar-refractivity contribution is 8.14. The van der Waals surface area contributed by atoms with E-state index in [-0.39, 0.29) is 18.0 Å². The zero-order chi connectivity index (χ0) is 29.2. The van der Waals surface area contributed by atoms with E-state index in [0.717, 1.165) is 42.1 Å². The third kappa shape index (κ3) is 7.10. The van der Waals surface area contributed by atoms with Crippen LogP contribution in [-0.4, -0.2) is 52.7 Å². The maximum Gasteiger partial charge on any atom is 0.573 e. The molecule has 39 heavy (non-hydrogen) atoms. The molecular formula is C23H19F8N3O4S. The largest absolute Gasteiger partial charge is 0.573 e. The van der Waals surface area contributed by atoms with Crippen LogP contribution in [-0.2, 0) is 11.3 Å². The van der Waals surface area contributed by atoms with Crippen LogP contribution >= 0.6 is 11.8 Å². The summed E-state index contributed by atoms with van der Waals surface area (Å²) in [6.45, 7) is 1.63. The van der Waals surface area contributed by atoms with E-state index in [4.69, 9.17) is 4.74 Å². The standard InChI is InChI=1S/C23H19F8N3O4S/c1-3-17-18(13-6-9-15(16(10-13)37-2)38-23(29,30)31)33-34(20(36)39-17)11-12-4-7-14(8-5-12)32-19(35)21(24,25)22(26,27)28/h4-10,17H,3,11H2,1-2H3,(H,32,35). The molecule has 2 aromatic rings. The molecular weight excluding hydrogens is 566 g/mol. The van der Waals surface area contributed by atoms with E-state index in [2.05, 4.69) is 9.84 Å². The van der Waals surface area contributed by atoms with Crippen LogP contribution in [0.25, 0.3) is 0 Å². The van der Waals surface area contributed by atoms with Gasteiger partial charge in [-0.15, -0.1) is 13.2 Å². The van der Waals surface area contributed by atoms with Gasteiger partial charge in [-0.1, -0.05) is 30.8 Å². The number of methoxy groups -OCH3 is 1. The van der Waals surface area contributed by atoms with E-state index in [9.17, 15) is 44.7 Å². The van der Waals surface area contributed by atoms with Gasteiger partial charge >= 0.3 is 29.6 Å². The molecule has 1 aliphatic rings. The molecule has 0 fully saturated rings. The average molecular weight is 585 g/mol. The Morgan fingerprint density at radius 2 is 1.67 bits per heavy atom. The second kappa shape index (κ2) is 11.3. The lowest BCUT2D eigenvalue weighted by Crippen LogP contribution is -2.47. The van der Waals surface area contributed by atoms with Gasteiger partial charge in [0.15, 0.2) is 11.5 Å². The van der Waals surface area contributed by atoms with Crippen molar-refractivity contribution in [2.24, 2.45) is 5.10 Å². The third-order valence-corrected chi connectivity index (χ3v) is 6.48. The maximum atomic E-state index is 13.2. The summed E-state index contributed by atoms with van der Waals surface area (Å²) >= 11 is 0.918. The molecule has 1 atom stereocenters. The zero-order valence-electron chi connectivity index (χ0n) is 20.0.